The number of hydrogen-bond donors (Lipinski definition) is 3. The SMILES string of the molecule is CNc1c(I)c(CNC(C)=O)c(I)c(C(=O)O)c1I. The minimum absolute atomic E-state index is 0.145. The van der Waals surface area contributed by atoms with E-state index >= 15 is 0 Å². The number of nitrogens with one attached hydrogen (secondary N) is 2. The number of amides is 1. The Kier molecular flexibility index (Phi) is 6.56. The van der Waals surface area contributed by atoms with Gasteiger partial charge in [-0.1, -0.05) is 0 Å². The van der Waals surface area contributed by atoms with Gasteiger partial charge in [0.1, 0.15) is 0 Å². The molecule has 0 bridgehead atoms. The van der Waals surface area contributed by atoms with Gasteiger partial charge in [0.25, 0.3) is 0 Å². The molecule has 1 rings (SSSR count). The molecule has 0 fully saturated rings. The van der Waals surface area contributed by atoms with Gasteiger partial charge in [-0.05, 0) is 67.8 Å². The maximum Gasteiger partial charge on any atom is 0.337 e. The zero-order valence-corrected chi connectivity index (χ0v) is 16.6. The van der Waals surface area contributed by atoms with Gasteiger partial charge in [0, 0.05) is 33.2 Å². The molecular weight excluding hydrogens is 589 g/mol. The molecule has 104 valence electrons. The molecule has 0 saturated carbocycles. The molecule has 0 aliphatic heterocycles. The van der Waals surface area contributed by atoms with Gasteiger partial charge in [-0.25, -0.2) is 4.79 Å². The van der Waals surface area contributed by atoms with E-state index < -0.39 is 5.97 Å². The second-order valence-corrected chi connectivity index (χ2v) is 6.87. The Balaban J connectivity index is 3.49. The Morgan fingerprint density at radius 3 is 2.16 bits per heavy atom. The maximum atomic E-state index is 11.4. The van der Waals surface area contributed by atoms with E-state index in [1.807, 2.05) is 45.2 Å². The Morgan fingerprint density at radius 2 is 1.74 bits per heavy atom. The molecule has 0 aliphatic rings. The van der Waals surface area contributed by atoms with E-state index in [2.05, 4.69) is 33.2 Å². The van der Waals surface area contributed by atoms with Crippen LogP contribution in [-0.4, -0.2) is 24.0 Å². The minimum atomic E-state index is -0.967. The number of benzene rings is 1. The van der Waals surface area contributed by atoms with Crippen LogP contribution in [0.1, 0.15) is 22.8 Å². The van der Waals surface area contributed by atoms with Crippen LogP contribution in [0.5, 0.6) is 0 Å². The lowest BCUT2D eigenvalue weighted by Crippen LogP contribution is -2.22. The number of rotatable bonds is 4. The van der Waals surface area contributed by atoms with Gasteiger partial charge in [-0.15, -0.1) is 0 Å². The van der Waals surface area contributed by atoms with E-state index in [1.165, 1.54) is 6.92 Å². The molecular formula is C11H11I3N2O3. The zero-order valence-electron chi connectivity index (χ0n) is 10.1. The highest BCUT2D eigenvalue weighted by Crippen LogP contribution is 2.35. The van der Waals surface area contributed by atoms with Crippen LogP contribution >= 0.6 is 67.8 Å². The Morgan fingerprint density at radius 1 is 1.16 bits per heavy atom. The molecule has 0 aliphatic carbocycles. The van der Waals surface area contributed by atoms with Crippen LogP contribution in [0.4, 0.5) is 5.69 Å². The van der Waals surface area contributed by atoms with Gasteiger partial charge < -0.3 is 15.7 Å². The fourth-order valence-electron chi connectivity index (χ4n) is 1.49. The first kappa shape index (κ1) is 17.2. The molecule has 0 atom stereocenters. The average molecular weight is 600 g/mol. The molecule has 5 nitrogen and oxygen atoms in total. The molecule has 1 aromatic carbocycles. The highest BCUT2D eigenvalue weighted by Gasteiger charge is 2.23. The van der Waals surface area contributed by atoms with E-state index in [9.17, 15) is 14.7 Å². The van der Waals surface area contributed by atoms with Crippen LogP contribution < -0.4 is 10.6 Å². The first-order valence-corrected chi connectivity index (χ1v) is 8.39. The number of carboxylic acid groups (broad SMARTS) is 1. The summed E-state index contributed by atoms with van der Waals surface area (Å²) >= 11 is 6.21. The van der Waals surface area contributed by atoms with Gasteiger partial charge in [-0.3, -0.25) is 4.79 Å². The van der Waals surface area contributed by atoms with Crippen molar-refractivity contribution in [3.05, 3.63) is 21.8 Å². The van der Waals surface area contributed by atoms with Gasteiger partial charge >= 0.3 is 5.97 Å². The predicted octanol–water partition coefficient (Wildman–Crippen LogP) is 2.88. The first-order chi connectivity index (χ1) is 8.81. The minimum Gasteiger partial charge on any atom is -0.478 e. The van der Waals surface area contributed by atoms with Gasteiger partial charge in [0.15, 0.2) is 0 Å². The Bertz CT molecular complexity index is 547. The van der Waals surface area contributed by atoms with Crippen molar-refractivity contribution in [2.45, 2.75) is 13.5 Å². The van der Waals surface area contributed by atoms with Crippen molar-refractivity contribution >= 4 is 85.3 Å². The van der Waals surface area contributed by atoms with Crippen LogP contribution in [0.15, 0.2) is 0 Å². The Labute approximate surface area is 151 Å². The smallest absolute Gasteiger partial charge is 0.337 e. The van der Waals surface area contributed by atoms with Crippen molar-refractivity contribution in [1.82, 2.24) is 5.32 Å². The standard InChI is InChI=1S/C11H11I3N2O3/c1-4(17)16-3-5-7(12)6(11(18)19)9(14)10(15-2)8(5)13/h15H,3H2,1-2H3,(H,16,17)(H,18,19). The van der Waals surface area contributed by atoms with E-state index in [0.29, 0.717) is 13.7 Å². The van der Waals surface area contributed by atoms with E-state index in [1.54, 1.807) is 7.05 Å². The third-order valence-electron chi connectivity index (χ3n) is 2.39. The number of halogens is 3. The predicted molar refractivity (Wildman–Crippen MR) is 98.6 cm³/mol. The van der Waals surface area contributed by atoms with Crippen LogP contribution in [0.3, 0.4) is 0 Å². The number of carbonyl (C=O) groups is 2. The summed E-state index contributed by atoms with van der Waals surface area (Å²) in [6.07, 6.45) is 0. The average Bonchev–Trinajstić information content (AvgIpc) is 2.28. The maximum absolute atomic E-state index is 11.4. The second-order valence-electron chi connectivity index (χ2n) is 3.64. The summed E-state index contributed by atoms with van der Waals surface area (Å²) in [7, 11) is 1.75. The van der Waals surface area contributed by atoms with Crippen molar-refractivity contribution in [1.29, 1.82) is 0 Å². The first-order valence-electron chi connectivity index (χ1n) is 5.16. The molecule has 0 heterocycles. The number of carbonyl (C=O) groups excluding carboxylic acids is 1. The molecule has 1 aromatic rings. The Hall–Kier alpha value is 0.150. The van der Waals surface area contributed by atoms with Crippen LogP contribution in [0, 0.1) is 10.7 Å². The fraction of sp³-hybridized carbons (Fsp3) is 0.273. The van der Waals surface area contributed by atoms with Crippen LogP contribution in [0.2, 0.25) is 0 Å². The van der Waals surface area contributed by atoms with Crippen LogP contribution in [0.25, 0.3) is 0 Å². The molecule has 1 amide bonds. The normalized spacial score (nSPS) is 10.2. The number of anilines is 1. The molecule has 8 heteroatoms. The molecule has 19 heavy (non-hydrogen) atoms. The topological polar surface area (TPSA) is 78.4 Å². The number of carboxylic acids is 1. The van der Waals surface area contributed by atoms with Crippen molar-refractivity contribution < 1.29 is 14.7 Å². The summed E-state index contributed by atoms with van der Waals surface area (Å²) in [6.45, 7) is 1.75. The summed E-state index contributed by atoms with van der Waals surface area (Å²) in [4.78, 5) is 22.4. The monoisotopic (exact) mass is 600 g/mol. The van der Waals surface area contributed by atoms with Crippen molar-refractivity contribution in [3.8, 4) is 0 Å². The van der Waals surface area contributed by atoms with Crippen LogP contribution in [-0.2, 0) is 11.3 Å². The highest BCUT2D eigenvalue weighted by atomic mass is 127. The number of hydrogen-bond acceptors (Lipinski definition) is 3. The molecule has 3 N–H and O–H groups in total. The summed E-state index contributed by atoms with van der Waals surface area (Å²) < 4.78 is 2.26. The van der Waals surface area contributed by atoms with Gasteiger partial charge in [0.2, 0.25) is 5.91 Å². The van der Waals surface area contributed by atoms with E-state index in [0.717, 1.165) is 14.8 Å². The molecule has 0 aromatic heterocycles. The van der Waals surface area contributed by atoms with E-state index in [4.69, 9.17) is 0 Å². The quantitative estimate of drug-likeness (QED) is 0.466. The third-order valence-corrected chi connectivity index (χ3v) is 5.85. The molecule has 0 radical (unpaired) electrons. The van der Waals surface area contributed by atoms with Crippen molar-refractivity contribution in [3.63, 3.8) is 0 Å². The largest absolute Gasteiger partial charge is 0.478 e. The van der Waals surface area contributed by atoms with E-state index in [-0.39, 0.29) is 11.5 Å². The highest BCUT2D eigenvalue weighted by molar-refractivity contribution is 14.1. The lowest BCUT2D eigenvalue weighted by molar-refractivity contribution is -0.119. The summed E-state index contributed by atoms with van der Waals surface area (Å²) in [5.41, 5.74) is 1.87. The summed E-state index contributed by atoms with van der Waals surface area (Å²) in [5.74, 6) is -1.11. The number of aromatic carboxylic acids is 1. The lowest BCUT2D eigenvalue weighted by atomic mass is 10.1. The van der Waals surface area contributed by atoms with Crippen molar-refractivity contribution in [2.24, 2.45) is 0 Å². The second kappa shape index (κ2) is 7.24. The third kappa shape index (κ3) is 3.83. The van der Waals surface area contributed by atoms with Gasteiger partial charge in [-0.2, -0.15) is 0 Å². The fourth-order valence-corrected chi connectivity index (χ4v) is 6.04. The zero-order chi connectivity index (χ0) is 14.7. The lowest BCUT2D eigenvalue weighted by Gasteiger charge is -2.17. The molecule has 0 spiro atoms. The van der Waals surface area contributed by atoms with Gasteiger partial charge in [0.05, 0.1) is 14.8 Å². The molecule has 0 unspecified atom stereocenters. The summed E-state index contributed by atoms with van der Waals surface area (Å²) in [5, 5.41) is 15.1. The summed E-state index contributed by atoms with van der Waals surface area (Å²) in [6, 6.07) is 0. The van der Waals surface area contributed by atoms with Crippen molar-refractivity contribution in [2.75, 3.05) is 12.4 Å². The molecule has 0 saturated heterocycles.